The molecule has 0 amide bonds. The van der Waals surface area contributed by atoms with Crippen LogP contribution in [0.25, 0.3) is 0 Å². The first-order chi connectivity index (χ1) is 6.72. The SMILES string of the molecule is Cl.NC1(c2ccccc2Cl)CCOCC1. The summed E-state index contributed by atoms with van der Waals surface area (Å²) in [5.41, 5.74) is 7.07. The van der Waals surface area contributed by atoms with Gasteiger partial charge in [0.2, 0.25) is 0 Å². The van der Waals surface area contributed by atoms with E-state index in [1.54, 1.807) is 0 Å². The Labute approximate surface area is 101 Å². The molecule has 1 saturated heterocycles. The molecule has 2 nitrogen and oxygen atoms in total. The molecule has 1 aromatic rings. The third-order valence-electron chi connectivity index (χ3n) is 2.80. The summed E-state index contributed by atoms with van der Waals surface area (Å²) in [6.07, 6.45) is 1.69. The Morgan fingerprint density at radius 3 is 2.40 bits per heavy atom. The van der Waals surface area contributed by atoms with Gasteiger partial charge in [0.25, 0.3) is 0 Å². The van der Waals surface area contributed by atoms with E-state index >= 15 is 0 Å². The molecule has 1 heterocycles. The number of benzene rings is 1. The van der Waals surface area contributed by atoms with Gasteiger partial charge in [-0.1, -0.05) is 29.8 Å². The van der Waals surface area contributed by atoms with Gasteiger partial charge in [0.1, 0.15) is 0 Å². The molecule has 0 saturated carbocycles. The van der Waals surface area contributed by atoms with Crippen molar-refractivity contribution in [1.29, 1.82) is 0 Å². The molecule has 0 aromatic heterocycles. The van der Waals surface area contributed by atoms with Gasteiger partial charge in [-0.3, -0.25) is 0 Å². The molecule has 2 rings (SSSR count). The van der Waals surface area contributed by atoms with Crippen molar-refractivity contribution in [1.82, 2.24) is 0 Å². The monoisotopic (exact) mass is 247 g/mol. The lowest BCUT2D eigenvalue weighted by Gasteiger charge is -2.34. The van der Waals surface area contributed by atoms with Crippen LogP contribution in [0.3, 0.4) is 0 Å². The van der Waals surface area contributed by atoms with Crippen LogP contribution < -0.4 is 5.73 Å². The summed E-state index contributed by atoms with van der Waals surface area (Å²) in [6, 6.07) is 7.80. The summed E-state index contributed by atoms with van der Waals surface area (Å²) < 4.78 is 5.30. The van der Waals surface area contributed by atoms with Crippen LogP contribution in [0.1, 0.15) is 18.4 Å². The topological polar surface area (TPSA) is 35.2 Å². The molecular formula is C11H15Cl2NO. The molecule has 1 fully saturated rings. The number of rotatable bonds is 1. The maximum Gasteiger partial charge on any atom is 0.0486 e. The van der Waals surface area contributed by atoms with Crippen LogP contribution >= 0.6 is 24.0 Å². The van der Waals surface area contributed by atoms with E-state index in [1.165, 1.54) is 0 Å². The molecule has 84 valence electrons. The Hall–Kier alpha value is -0.280. The minimum absolute atomic E-state index is 0. The molecule has 1 aromatic carbocycles. The molecule has 1 aliphatic heterocycles. The molecule has 0 radical (unpaired) electrons. The Balaban J connectivity index is 0.00000112. The second kappa shape index (κ2) is 5.17. The molecule has 0 atom stereocenters. The Kier molecular flexibility index (Phi) is 4.41. The largest absolute Gasteiger partial charge is 0.381 e. The first-order valence-electron chi connectivity index (χ1n) is 4.84. The lowest BCUT2D eigenvalue weighted by atomic mass is 9.84. The van der Waals surface area contributed by atoms with Gasteiger partial charge >= 0.3 is 0 Å². The fourth-order valence-electron chi connectivity index (χ4n) is 1.87. The number of hydrogen-bond acceptors (Lipinski definition) is 2. The smallest absolute Gasteiger partial charge is 0.0486 e. The highest BCUT2D eigenvalue weighted by Gasteiger charge is 2.31. The number of halogens is 2. The van der Waals surface area contributed by atoms with Gasteiger partial charge in [-0.15, -0.1) is 12.4 Å². The van der Waals surface area contributed by atoms with Crippen molar-refractivity contribution in [2.75, 3.05) is 13.2 Å². The van der Waals surface area contributed by atoms with Crippen molar-refractivity contribution in [2.24, 2.45) is 5.73 Å². The van der Waals surface area contributed by atoms with Gasteiger partial charge in [-0.05, 0) is 24.5 Å². The van der Waals surface area contributed by atoms with Crippen molar-refractivity contribution >= 4 is 24.0 Å². The second-order valence-corrected chi connectivity index (χ2v) is 4.16. The fourth-order valence-corrected chi connectivity index (χ4v) is 2.19. The number of nitrogens with two attached hydrogens (primary N) is 1. The van der Waals surface area contributed by atoms with Crippen LogP contribution in [-0.2, 0) is 10.3 Å². The predicted molar refractivity (Wildman–Crippen MR) is 64.6 cm³/mol. The number of ether oxygens (including phenoxy) is 1. The third-order valence-corrected chi connectivity index (χ3v) is 3.12. The van der Waals surface area contributed by atoms with E-state index < -0.39 is 0 Å². The standard InChI is InChI=1S/C11H14ClNO.ClH/c12-10-4-2-1-3-9(10)11(13)5-7-14-8-6-11;/h1-4H,5-8,13H2;1H. The summed E-state index contributed by atoms with van der Waals surface area (Å²) in [5, 5.41) is 0.761. The van der Waals surface area contributed by atoms with Crippen molar-refractivity contribution in [2.45, 2.75) is 18.4 Å². The highest BCUT2D eigenvalue weighted by atomic mass is 35.5. The molecular weight excluding hydrogens is 233 g/mol. The van der Waals surface area contributed by atoms with Crippen molar-refractivity contribution < 1.29 is 4.74 Å². The van der Waals surface area contributed by atoms with E-state index in [-0.39, 0.29) is 17.9 Å². The second-order valence-electron chi connectivity index (χ2n) is 3.75. The van der Waals surface area contributed by atoms with E-state index in [4.69, 9.17) is 22.1 Å². The minimum Gasteiger partial charge on any atom is -0.381 e. The molecule has 0 aliphatic carbocycles. The maximum absolute atomic E-state index is 6.32. The molecule has 4 heteroatoms. The predicted octanol–water partition coefficient (Wildman–Crippen LogP) is 2.73. The third kappa shape index (κ3) is 2.64. The zero-order valence-corrected chi connectivity index (χ0v) is 9.98. The van der Waals surface area contributed by atoms with E-state index in [9.17, 15) is 0 Å². The first-order valence-corrected chi connectivity index (χ1v) is 5.22. The van der Waals surface area contributed by atoms with Gasteiger partial charge in [0.15, 0.2) is 0 Å². The zero-order valence-electron chi connectivity index (χ0n) is 8.41. The Morgan fingerprint density at radius 2 is 1.80 bits per heavy atom. The van der Waals surface area contributed by atoms with Crippen LogP contribution in [-0.4, -0.2) is 13.2 Å². The fraction of sp³-hybridized carbons (Fsp3) is 0.455. The summed E-state index contributed by atoms with van der Waals surface area (Å²) in [5.74, 6) is 0. The normalized spacial score (nSPS) is 19.3. The zero-order chi connectivity index (χ0) is 10.0. The highest BCUT2D eigenvalue weighted by Crippen LogP contribution is 2.33. The van der Waals surface area contributed by atoms with Gasteiger partial charge in [-0.25, -0.2) is 0 Å². The molecule has 0 bridgehead atoms. The van der Waals surface area contributed by atoms with Crippen LogP contribution in [0.4, 0.5) is 0 Å². The van der Waals surface area contributed by atoms with Crippen LogP contribution in [0.5, 0.6) is 0 Å². The summed E-state index contributed by atoms with van der Waals surface area (Å²) in [4.78, 5) is 0. The van der Waals surface area contributed by atoms with Crippen LogP contribution in [0.15, 0.2) is 24.3 Å². The molecule has 15 heavy (non-hydrogen) atoms. The quantitative estimate of drug-likeness (QED) is 0.829. The van der Waals surface area contributed by atoms with E-state index in [0.717, 1.165) is 36.6 Å². The minimum atomic E-state index is -0.295. The van der Waals surface area contributed by atoms with Crippen molar-refractivity contribution in [3.63, 3.8) is 0 Å². The molecule has 0 unspecified atom stereocenters. The first kappa shape index (κ1) is 12.8. The molecule has 2 N–H and O–H groups in total. The summed E-state index contributed by atoms with van der Waals surface area (Å²) in [6.45, 7) is 1.45. The Morgan fingerprint density at radius 1 is 1.20 bits per heavy atom. The summed E-state index contributed by atoms with van der Waals surface area (Å²) >= 11 is 6.13. The van der Waals surface area contributed by atoms with E-state index in [0.29, 0.717) is 0 Å². The molecule has 0 spiro atoms. The average Bonchev–Trinajstić information content (AvgIpc) is 2.19. The maximum atomic E-state index is 6.32. The van der Waals surface area contributed by atoms with E-state index in [2.05, 4.69) is 0 Å². The Bertz CT molecular complexity index is 324. The van der Waals surface area contributed by atoms with E-state index in [1.807, 2.05) is 24.3 Å². The van der Waals surface area contributed by atoms with Crippen LogP contribution in [0, 0.1) is 0 Å². The van der Waals surface area contributed by atoms with Gasteiger partial charge in [0.05, 0.1) is 0 Å². The van der Waals surface area contributed by atoms with Crippen molar-refractivity contribution in [3.8, 4) is 0 Å². The lowest BCUT2D eigenvalue weighted by molar-refractivity contribution is 0.0523. The highest BCUT2D eigenvalue weighted by molar-refractivity contribution is 6.31. The van der Waals surface area contributed by atoms with Gasteiger partial charge in [0, 0.05) is 23.8 Å². The summed E-state index contributed by atoms with van der Waals surface area (Å²) in [7, 11) is 0. The van der Waals surface area contributed by atoms with Crippen molar-refractivity contribution in [3.05, 3.63) is 34.9 Å². The average molecular weight is 248 g/mol. The van der Waals surface area contributed by atoms with Gasteiger partial charge < -0.3 is 10.5 Å². The number of hydrogen-bond donors (Lipinski definition) is 1. The van der Waals surface area contributed by atoms with Gasteiger partial charge in [-0.2, -0.15) is 0 Å². The lowest BCUT2D eigenvalue weighted by Crippen LogP contribution is -2.42. The molecule has 1 aliphatic rings. The van der Waals surface area contributed by atoms with Crippen LogP contribution in [0.2, 0.25) is 5.02 Å².